The first-order valence-corrected chi connectivity index (χ1v) is 12.4. The lowest BCUT2D eigenvalue weighted by molar-refractivity contribution is -0.135. The maximum Gasteiger partial charge on any atom is 0.140 e. The average molecular weight is 497 g/mol. The third-order valence-corrected chi connectivity index (χ3v) is 9.37. The quantitative estimate of drug-likeness (QED) is 0.585. The second-order valence-electron chi connectivity index (χ2n) is 11.0. The number of rotatable bonds is 6. The van der Waals surface area contributed by atoms with Crippen molar-refractivity contribution in [3.8, 4) is 0 Å². The SMILES string of the molecule is C=O.CC(=O)C(C)(CO)COC1(C)C2CC3CC4CC4(C3)C21.CCc1cc(C)ccc1S.O.O. The lowest BCUT2D eigenvalue weighted by atomic mass is 9.83. The Balaban J connectivity index is 0.000000355. The van der Waals surface area contributed by atoms with Gasteiger partial charge in [0.15, 0.2) is 0 Å². The van der Waals surface area contributed by atoms with Gasteiger partial charge in [-0.05, 0) is 101 Å². The first-order valence-electron chi connectivity index (χ1n) is 11.9. The van der Waals surface area contributed by atoms with Gasteiger partial charge in [0.25, 0.3) is 0 Å². The number of Topliss-reactive ketones (excluding diaryl/α,β-unsaturated/α-hetero) is 1. The molecule has 0 aromatic heterocycles. The Morgan fingerprint density at radius 3 is 2.44 bits per heavy atom. The summed E-state index contributed by atoms with van der Waals surface area (Å²) >= 11 is 4.33. The summed E-state index contributed by atoms with van der Waals surface area (Å²) in [6.45, 7) is 12.1. The van der Waals surface area contributed by atoms with E-state index in [1.54, 1.807) is 6.92 Å². The predicted molar refractivity (Wildman–Crippen MR) is 137 cm³/mol. The topological polar surface area (TPSA) is 127 Å². The van der Waals surface area contributed by atoms with Gasteiger partial charge in [-0.3, -0.25) is 4.79 Å². The highest BCUT2D eigenvalue weighted by Gasteiger charge is 2.81. The zero-order valence-electron chi connectivity index (χ0n) is 21.3. The van der Waals surface area contributed by atoms with Crippen molar-refractivity contribution in [3.63, 3.8) is 0 Å². The zero-order chi connectivity index (χ0) is 23.9. The smallest absolute Gasteiger partial charge is 0.140 e. The molecule has 4 fully saturated rings. The highest BCUT2D eigenvalue weighted by Crippen LogP contribution is 2.84. The van der Waals surface area contributed by atoms with Crippen LogP contribution in [0.1, 0.15) is 64.5 Å². The maximum absolute atomic E-state index is 11.7. The van der Waals surface area contributed by atoms with E-state index in [1.807, 2.05) is 13.7 Å². The highest BCUT2D eigenvalue weighted by molar-refractivity contribution is 7.80. The molecule has 5 rings (SSSR count). The summed E-state index contributed by atoms with van der Waals surface area (Å²) < 4.78 is 6.27. The Morgan fingerprint density at radius 2 is 1.91 bits per heavy atom. The Bertz CT molecular complexity index is 862. The molecular formula is C27H44O6S. The Hall–Kier alpha value is -1.25. The number of aryl methyl sites for hydroxylation is 2. The van der Waals surface area contributed by atoms with E-state index in [-0.39, 0.29) is 28.9 Å². The van der Waals surface area contributed by atoms with Crippen molar-refractivity contribution in [2.24, 2.45) is 34.5 Å². The van der Waals surface area contributed by atoms with Gasteiger partial charge >= 0.3 is 0 Å². The molecule has 7 unspecified atom stereocenters. The lowest BCUT2D eigenvalue weighted by Crippen LogP contribution is -2.37. The van der Waals surface area contributed by atoms with E-state index in [0.717, 1.165) is 29.1 Å². The minimum Gasteiger partial charge on any atom is -0.412 e. The number of carbonyl (C=O) groups excluding carboxylic acids is 2. The zero-order valence-corrected chi connectivity index (χ0v) is 22.2. The number of hydrogen-bond donors (Lipinski definition) is 2. The molecule has 4 aliphatic carbocycles. The number of ether oxygens (including phenoxy) is 1. The van der Waals surface area contributed by atoms with Crippen molar-refractivity contribution in [2.75, 3.05) is 13.2 Å². The largest absolute Gasteiger partial charge is 0.412 e. The fraction of sp³-hybridized carbons (Fsp3) is 0.704. The number of aliphatic hydroxyl groups excluding tert-OH is 1. The van der Waals surface area contributed by atoms with Crippen LogP contribution in [-0.4, -0.2) is 47.4 Å². The van der Waals surface area contributed by atoms with E-state index in [4.69, 9.17) is 9.53 Å². The van der Waals surface area contributed by atoms with Gasteiger partial charge in [-0.1, -0.05) is 24.6 Å². The summed E-state index contributed by atoms with van der Waals surface area (Å²) in [5, 5.41) is 9.49. The first-order chi connectivity index (χ1) is 15.1. The molecule has 34 heavy (non-hydrogen) atoms. The third kappa shape index (κ3) is 5.29. The van der Waals surface area contributed by atoms with E-state index in [1.165, 1.54) is 36.8 Å². The Morgan fingerprint density at radius 1 is 1.26 bits per heavy atom. The van der Waals surface area contributed by atoms with E-state index >= 15 is 0 Å². The van der Waals surface area contributed by atoms with Gasteiger partial charge in [0.2, 0.25) is 0 Å². The van der Waals surface area contributed by atoms with E-state index in [9.17, 15) is 9.90 Å². The van der Waals surface area contributed by atoms with Crippen molar-refractivity contribution < 1.29 is 30.4 Å². The number of hydrogen-bond acceptors (Lipinski definition) is 5. The van der Waals surface area contributed by atoms with Gasteiger partial charge in [-0.25, -0.2) is 0 Å². The summed E-state index contributed by atoms with van der Waals surface area (Å²) in [7, 11) is 0. The summed E-state index contributed by atoms with van der Waals surface area (Å²) in [5.41, 5.74) is 2.52. The number of ketones is 1. The molecule has 0 amide bonds. The number of carbonyl (C=O) groups is 2. The van der Waals surface area contributed by atoms with Gasteiger partial charge in [-0.2, -0.15) is 0 Å². The van der Waals surface area contributed by atoms with Crippen LogP contribution in [0.15, 0.2) is 23.1 Å². The van der Waals surface area contributed by atoms with Crippen LogP contribution in [0.3, 0.4) is 0 Å². The molecular weight excluding hydrogens is 452 g/mol. The van der Waals surface area contributed by atoms with Crippen LogP contribution in [-0.2, 0) is 20.7 Å². The highest BCUT2D eigenvalue weighted by atomic mass is 32.1. The molecule has 0 heterocycles. The van der Waals surface area contributed by atoms with E-state index < -0.39 is 5.41 Å². The average Bonchev–Trinajstić information content (AvgIpc) is 3.59. The Kier molecular flexibility index (Phi) is 10.1. The van der Waals surface area contributed by atoms with Crippen LogP contribution >= 0.6 is 12.6 Å². The van der Waals surface area contributed by atoms with Crippen LogP contribution in [0.5, 0.6) is 0 Å². The Labute approximate surface area is 209 Å². The van der Waals surface area contributed by atoms with Gasteiger partial charge in [0.1, 0.15) is 12.6 Å². The number of fused-ring (bicyclic) bond motifs is 2. The molecule has 1 spiro atoms. The molecule has 0 radical (unpaired) electrons. The second kappa shape index (κ2) is 11.2. The summed E-state index contributed by atoms with van der Waals surface area (Å²) in [5.74, 6) is 3.39. The number of benzene rings is 1. The number of aliphatic hydroxyl groups is 1. The van der Waals surface area contributed by atoms with Crippen LogP contribution in [0.25, 0.3) is 0 Å². The predicted octanol–water partition coefficient (Wildman–Crippen LogP) is 3.43. The number of thiol groups is 1. The van der Waals surface area contributed by atoms with Crippen molar-refractivity contribution in [1.82, 2.24) is 0 Å². The summed E-state index contributed by atoms with van der Waals surface area (Å²) in [6, 6.07) is 6.32. The van der Waals surface area contributed by atoms with E-state index in [2.05, 4.69) is 51.6 Å². The molecule has 0 saturated heterocycles. The molecule has 5 N–H and O–H groups in total. The summed E-state index contributed by atoms with van der Waals surface area (Å²) in [4.78, 5) is 20.8. The molecule has 1 aromatic rings. The van der Waals surface area contributed by atoms with Crippen LogP contribution in [0.2, 0.25) is 0 Å². The van der Waals surface area contributed by atoms with Crippen LogP contribution < -0.4 is 0 Å². The molecule has 194 valence electrons. The third-order valence-electron chi connectivity index (χ3n) is 8.94. The van der Waals surface area contributed by atoms with Crippen molar-refractivity contribution in [3.05, 3.63) is 29.3 Å². The van der Waals surface area contributed by atoms with Crippen LogP contribution in [0, 0.1) is 41.4 Å². The molecule has 6 nitrogen and oxygen atoms in total. The monoisotopic (exact) mass is 496 g/mol. The van der Waals surface area contributed by atoms with Gasteiger partial charge in [-0.15, -0.1) is 12.6 Å². The van der Waals surface area contributed by atoms with E-state index in [0.29, 0.717) is 17.9 Å². The first kappa shape index (κ1) is 30.8. The molecule has 7 atom stereocenters. The van der Waals surface area contributed by atoms with Gasteiger partial charge in [0, 0.05) is 4.90 Å². The minimum atomic E-state index is -0.728. The summed E-state index contributed by atoms with van der Waals surface area (Å²) in [6.07, 6.45) is 6.72. The van der Waals surface area contributed by atoms with Crippen LogP contribution in [0.4, 0.5) is 0 Å². The van der Waals surface area contributed by atoms with Gasteiger partial charge < -0.3 is 25.6 Å². The van der Waals surface area contributed by atoms with Crippen molar-refractivity contribution >= 4 is 25.2 Å². The normalized spacial score (nSPS) is 34.7. The van der Waals surface area contributed by atoms with Gasteiger partial charge in [0.05, 0.1) is 24.2 Å². The molecule has 4 saturated carbocycles. The fourth-order valence-corrected chi connectivity index (χ4v) is 7.02. The second-order valence-corrected chi connectivity index (χ2v) is 11.5. The minimum absolute atomic E-state index is 0. The molecule has 4 aliphatic rings. The molecule has 7 heteroatoms. The van der Waals surface area contributed by atoms with Crippen molar-refractivity contribution in [1.29, 1.82) is 0 Å². The molecule has 1 aromatic carbocycles. The lowest BCUT2D eigenvalue weighted by Gasteiger charge is -2.27. The maximum atomic E-state index is 11.7. The molecule has 0 aliphatic heterocycles. The van der Waals surface area contributed by atoms with Crippen molar-refractivity contribution in [2.45, 2.75) is 77.2 Å². The molecule has 2 bridgehead atoms. The standard InChI is InChI=1S/C17H26O3.C9H12S.CH2O.2H2O/c1-10(19)15(2,8-18)9-20-16(3)13-5-11-4-12-7-17(12,6-11)14(13)16;1-3-8-6-7(2)4-5-9(8)10;1-2;;/h11-14,18H,4-9H2,1-3H3;4-6,10H,3H2,1-2H3;1H2;2*1H2. The fourth-order valence-electron chi connectivity index (χ4n) is 6.72.